The summed E-state index contributed by atoms with van der Waals surface area (Å²) >= 11 is 1.20. The zero-order valence-corrected chi connectivity index (χ0v) is 10.7. The van der Waals surface area contributed by atoms with Gasteiger partial charge in [0.25, 0.3) is 5.91 Å². The molecule has 0 saturated heterocycles. The molecule has 0 aliphatic carbocycles. The van der Waals surface area contributed by atoms with E-state index in [4.69, 9.17) is 0 Å². The van der Waals surface area contributed by atoms with Crippen LogP contribution in [0.1, 0.15) is 30.4 Å². The standard InChI is InChI=1S/C13H9NO5S/c15-11(10-2-1-3-20-10)14-9-5-7(12(16)17)4-8(6-9)13(18)19/h1-6H,(H,14,15)(H,16,17)(H,18,19)/p-2. The molecular weight excluding hydrogens is 282 g/mol. The topological polar surface area (TPSA) is 109 Å². The minimum Gasteiger partial charge on any atom is -0.545 e. The van der Waals surface area contributed by atoms with Crippen molar-refractivity contribution in [2.45, 2.75) is 0 Å². The van der Waals surface area contributed by atoms with Gasteiger partial charge in [0.2, 0.25) is 0 Å². The molecule has 0 bridgehead atoms. The molecule has 0 atom stereocenters. The fourth-order valence-corrected chi connectivity index (χ4v) is 2.15. The summed E-state index contributed by atoms with van der Waals surface area (Å²) in [5.41, 5.74) is -0.661. The molecule has 0 saturated carbocycles. The Morgan fingerprint density at radius 3 is 2.05 bits per heavy atom. The molecule has 1 heterocycles. The van der Waals surface area contributed by atoms with Gasteiger partial charge in [-0.1, -0.05) is 6.07 Å². The van der Waals surface area contributed by atoms with Crippen LogP contribution in [0, 0.1) is 0 Å². The third-order valence-electron chi connectivity index (χ3n) is 2.41. The molecular formula is C13H7NO5S-2. The largest absolute Gasteiger partial charge is 0.545 e. The molecule has 102 valence electrons. The lowest BCUT2D eigenvalue weighted by Gasteiger charge is -2.11. The van der Waals surface area contributed by atoms with E-state index in [0.29, 0.717) is 4.88 Å². The number of carbonyl (C=O) groups excluding carboxylic acids is 3. The monoisotopic (exact) mass is 289 g/mol. The summed E-state index contributed by atoms with van der Waals surface area (Å²) in [6.45, 7) is 0. The van der Waals surface area contributed by atoms with Crippen LogP contribution in [0.5, 0.6) is 0 Å². The number of amides is 1. The summed E-state index contributed by atoms with van der Waals surface area (Å²) in [4.78, 5) is 33.8. The highest BCUT2D eigenvalue weighted by molar-refractivity contribution is 7.12. The minimum atomic E-state index is -1.54. The van der Waals surface area contributed by atoms with Gasteiger partial charge in [-0.2, -0.15) is 0 Å². The van der Waals surface area contributed by atoms with E-state index in [2.05, 4.69) is 5.32 Å². The number of carbonyl (C=O) groups is 3. The van der Waals surface area contributed by atoms with Crippen LogP contribution in [-0.2, 0) is 0 Å². The molecule has 0 fully saturated rings. The Labute approximate surface area is 117 Å². The van der Waals surface area contributed by atoms with E-state index >= 15 is 0 Å². The van der Waals surface area contributed by atoms with E-state index in [0.717, 1.165) is 18.2 Å². The first-order valence-electron chi connectivity index (χ1n) is 5.40. The molecule has 0 aliphatic rings. The Hall–Kier alpha value is -2.67. The Morgan fingerprint density at radius 1 is 1.00 bits per heavy atom. The van der Waals surface area contributed by atoms with Crippen molar-refractivity contribution in [3.63, 3.8) is 0 Å². The molecule has 0 spiro atoms. The maximum absolute atomic E-state index is 11.8. The lowest BCUT2D eigenvalue weighted by atomic mass is 10.1. The van der Waals surface area contributed by atoms with Gasteiger partial charge >= 0.3 is 0 Å². The number of aromatic carboxylic acids is 2. The van der Waals surface area contributed by atoms with Crippen LogP contribution in [-0.4, -0.2) is 17.8 Å². The van der Waals surface area contributed by atoms with Gasteiger partial charge in [0.05, 0.1) is 16.8 Å². The Morgan fingerprint density at radius 2 is 1.60 bits per heavy atom. The number of thiophene rings is 1. The Balaban J connectivity index is 2.33. The van der Waals surface area contributed by atoms with Gasteiger partial charge < -0.3 is 25.1 Å². The molecule has 20 heavy (non-hydrogen) atoms. The van der Waals surface area contributed by atoms with Crippen molar-refractivity contribution in [2.24, 2.45) is 0 Å². The molecule has 2 aromatic rings. The van der Waals surface area contributed by atoms with Crippen molar-refractivity contribution in [3.05, 3.63) is 51.7 Å². The van der Waals surface area contributed by atoms with E-state index in [-0.39, 0.29) is 16.8 Å². The second-order valence-electron chi connectivity index (χ2n) is 3.81. The van der Waals surface area contributed by atoms with Crippen LogP contribution in [0.15, 0.2) is 35.7 Å². The van der Waals surface area contributed by atoms with Gasteiger partial charge in [0, 0.05) is 5.69 Å². The highest BCUT2D eigenvalue weighted by Gasteiger charge is 2.09. The predicted molar refractivity (Wildman–Crippen MR) is 67.4 cm³/mol. The number of nitrogens with one attached hydrogen (secondary N) is 1. The van der Waals surface area contributed by atoms with Crippen molar-refractivity contribution in [2.75, 3.05) is 5.32 Å². The summed E-state index contributed by atoms with van der Waals surface area (Å²) in [6.07, 6.45) is 0. The first-order chi connectivity index (χ1) is 9.47. The molecule has 0 unspecified atom stereocenters. The lowest BCUT2D eigenvalue weighted by molar-refractivity contribution is -0.255. The smallest absolute Gasteiger partial charge is 0.265 e. The van der Waals surface area contributed by atoms with E-state index in [1.54, 1.807) is 17.5 Å². The Kier molecular flexibility index (Phi) is 3.81. The number of benzene rings is 1. The highest BCUT2D eigenvalue weighted by atomic mass is 32.1. The van der Waals surface area contributed by atoms with E-state index < -0.39 is 17.8 Å². The van der Waals surface area contributed by atoms with Crippen molar-refractivity contribution in [1.29, 1.82) is 0 Å². The zero-order chi connectivity index (χ0) is 14.7. The number of carboxylic acids is 2. The normalized spacial score (nSPS) is 10.0. The third-order valence-corrected chi connectivity index (χ3v) is 3.28. The first-order valence-corrected chi connectivity index (χ1v) is 6.28. The molecule has 7 heteroatoms. The van der Waals surface area contributed by atoms with Crippen molar-refractivity contribution in [1.82, 2.24) is 0 Å². The Bertz CT molecular complexity index is 646. The fraction of sp³-hybridized carbons (Fsp3) is 0. The minimum absolute atomic E-state index is 0.0456. The summed E-state index contributed by atoms with van der Waals surface area (Å²) in [5.74, 6) is -3.54. The fourth-order valence-electron chi connectivity index (χ4n) is 1.54. The average molecular weight is 289 g/mol. The molecule has 1 aromatic heterocycles. The maximum Gasteiger partial charge on any atom is 0.265 e. The van der Waals surface area contributed by atoms with Gasteiger partial charge in [0.1, 0.15) is 0 Å². The zero-order valence-electron chi connectivity index (χ0n) is 9.91. The second-order valence-corrected chi connectivity index (χ2v) is 4.75. The SMILES string of the molecule is O=C([O-])c1cc(NC(=O)c2cccs2)cc(C(=O)[O-])c1. The van der Waals surface area contributed by atoms with Crippen LogP contribution >= 0.6 is 11.3 Å². The van der Waals surface area contributed by atoms with Gasteiger partial charge in [0.15, 0.2) is 0 Å². The van der Waals surface area contributed by atoms with Gasteiger partial charge in [-0.15, -0.1) is 11.3 Å². The number of anilines is 1. The summed E-state index contributed by atoms with van der Waals surface area (Å²) in [6, 6.07) is 6.41. The molecule has 1 N–H and O–H groups in total. The van der Waals surface area contributed by atoms with Gasteiger partial charge in [-0.25, -0.2) is 0 Å². The third kappa shape index (κ3) is 3.01. The van der Waals surface area contributed by atoms with Crippen molar-refractivity contribution in [3.8, 4) is 0 Å². The average Bonchev–Trinajstić information content (AvgIpc) is 2.92. The maximum atomic E-state index is 11.8. The number of hydrogen-bond donors (Lipinski definition) is 1. The molecule has 2 rings (SSSR count). The molecule has 0 radical (unpaired) electrons. The summed E-state index contributed by atoms with van der Waals surface area (Å²) < 4.78 is 0. The van der Waals surface area contributed by atoms with Gasteiger partial charge in [-0.05, 0) is 40.8 Å². The first kappa shape index (κ1) is 13.8. The lowest BCUT2D eigenvalue weighted by Crippen LogP contribution is -2.26. The number of carboxylic acid groups (broad SMARTS) is 2. The predicted octanol–water partition coefficient (Wildman–Crippen LogP) is -0.273. The summed E-state index contributed by atoms with van der Waals surface area (Å²) in [7, 11) is 0. The molecule has 1 amide bonds. The van der Waals surface area contributed by atoms with E-state index in [1.807, 2.05) is 0 Å². The molecule has 1 aromatic carbocycles. The van der Waals surface area contributed by atoms with Crippen molar-refractivity contribution < 1.29 is 24.6 Å². The number of hydrogen-bond acceptors (Lipinski definition) is 6. The van der Waals surface area contributed by atoms with Crippen LogP contribution < -0.4 is 15.5 Å². The van der Waals surface area contributed by atoms with E-state index in [9.17, 15) is 24.6 Å². The number of rotatable bonds is 4. The molecule has 6 nitrogen and oxygen atoms in total. The van der Waals surface area contributed by atoms with Crippen LogP contribution in [0.25, 0.3) is 0 Å². The summed E-state index contributed by atoms with van der Waals surface area (Å²) in [5, 5.41) is 25.7. The highest BCUT2D eigenvalue weighted by Crippen LogP contribution is 2.17. The van der Waals surface area contributed by atoms with Gasteiger partial charge in [-0.3, -0.25) is 4.79 Å². The van der Waals surface area contributed by atoms with E-state index in [1.165, 1.54) is 11.3 Å². The van der Waals surface area contributed by atoms with Crippen molar-refractivity contribution >= 4 is 34.9 Å². The quantitative estimate of drug-likeness (QED) is 0.833. The van der Waals surface area contributed by atoms with Crippen LogP contribution in [0.4, 0.5) is 5.69 Å². The van der Waals surface area contributed by atoms with Crippen LogP contribution in [0.2, 0.25) is 0 Å². The van der Waals surface area contributed by atoms with Crippen LogP contribution in [0.3, 0.4) is 0 Å². The second kappa shape index (κ2) is 5.54. The molecule has 0 aliphatic heterocycles.